The number of nitrogens with one attached hydrogen (secondary N) is 1. The minimum absolute atomic E-state index is 0.0988. The molecule has 1 amide bonds. The number of fused-ring (bicyclic) bond motifs is 1. The largest absolute Gasteiger partial charge is 0.394 e. The monoisotopic (exact) mass is 250 g/mol. The van der Waals surface area contributed by atoms with Crippen molar-refractivity contribution in [2.45, 2.75) is 20.0 Å². The predicted molar refractivity (Wildman–Crippen MR) is 69.9 cm³/mol. The van der Waals surface area contributed by atoms with Crippen LogP contribution in [0.4, 0.5) is 11.4 Å². The van der Waals surface area contributed by atoms with Gasteiger partial charge < -0.3 is 20.4 Å². The van der Waals surface area contributed by atoms with Gasteiger partial charge >= 0.3 is 0 Å². The molecule has 1 aliphatic heterocycles. The zero-order chi connectivity index (χ0) is 13.3. The molecule has 0 radical (unpaired) electrons. The number of aliphatic hydroxyl groups is 2. The van der Waals surface area contributed by atoms with E-state index in [1.165, 1.54) is 4.90 Å². The number of anilines is 2. The van der Waals surface area contributed by atoms with Gasteiger partial charge in [0, 0.05) is 0 Å². The molecule has 3 N–H and O–H groups in total. The molecule has 5 heteroatoms. The molecule has 1 aromatic carbocycles. The van der Waals surface area contributed by atoms with Crippen LogP contribution in [0.3, 0.4) is 0 Å². The fourth-order valence-corrected chi connectivity index (χ4v) is 2.04. The number of benzene rings is 1. The molecule has 1 atom stereocenters. The molecule has 0 bridgehead atoms. The van der Waals surface area contributed by atoms with Crippen molar-refractivity contribution in [2.24, 2.45) is 0 Å². The quantitative estimate of drug-likeness (QED) is 0.726. The lowest BCUT2D eigenvalue weighted by Crippen LogP contribution is -2.44. The summed E-state index contributed by atoms with van der Waals surface area (Å²) in [7, 11) is 0. The second-order valence-corrected chi connectivity index (χ2v) is 4.65. The second kappa shape index (κ2) is 4.96. The van der Waals surface area contributed by atoms with Gasteiger partial charge in [0.15, 0.2) is 0 Å². The van der Waals surface area contributed by atoms with E-state index in [9.17, 15) is 9.90 Å². The van der Waals surface area contributed by atoms with E-state index in [2.05, 4.69) is 5.32 Å². The van der Waals surface area contributed by atoms with Gasteiger partial charge in [-0.15, -0.1) is 0 Å². The topological polar surface area (TPSA) is 72.8 Å². The van der Waals surface area contributed by atoms with Gasteiger partial charge in [0.05, 0.1) is 37.2 Å². The molecule has 0 fully saturated rings. The Morgan fingerprint density at radius 2 is 2.06 bits per heavy atom. The van der Waals surface area contributed by atoms with Crippen molar-refractivity contribution in [1.29, 1.82) is 0 Å². The average molecular weight is 250 g/mol. The van der Waals surface area contributed by atoms with E-state index in [1.54, 1.807) is 0 Å². The number of rotatable bonds is 3. The van der Waals surface area contributed by atoms with Gasteiger partial charge in [0.1, 0.15) is 0 Å². The van der Waals surface area contributed by atoms with E-state index in [-0.39, 0.29) is 25.6 Å². The van der Waals surface area contributed by atoms with Crippen LogP contribution in [-0.4, -0.2) is 41.9 Å². The fourth-order valence-electron chi connectivity index (χ4n) is 2.04. The summed E-state index contributed by atoms with van der Waals surface area (Å²) in [4.78, 5) is 13.4. The maximum absolute atomic E-state index is 11.9. The summed E-state index contributed by atoms with van der Waals surface area (Å²) in [5, 5.41) is 21.5. The fraction of sp³-hybridized carbons (Fsp3) is 0.462. The van der Waals surface area contributed by atoms with E-state index in [1.807, 2.05) is 26.0 Å². The number of β-amino-alcohol motifs (C(OH)–C–C–N with tert-alkyl or cyclic N) is 1. The summed E-state index contributed by atoms with van der Waals surface area (Å²) >= 11 is 0. The first kappa shape index (κ1) is 12.9. The number of nitrogens with zero attached hydrogens (tertiary/aromatic N) is 1. The van der Waals surface area contributed by atoms with E-state index >= 15 is 0 Å². The molecular formula is C13H18N2O3. The first-order valence-electron chi connectivity index (χ1n) is 5.97. The summed E-state index contributed by atoms with van der Waals surface area (Å²) in [6.45, 7) is 3.98. The Labute approximate surface area is 106 Å². The van der Waals surface area contributed by atoms with Gasteiger partial charge in [-0.1, -0.05) is 0 Å². The Balaban J connectivity index is 2.37. The van der Waals surface area contributed by atoms with Crippen molar-refractivity contribution in [3.63, 3.8) is 0 Å². The SMILES string of the molecule is Cc1cc2c(cc1C)N(CC(O)CO)C(=O)CN2. The minimum Gasteiger partial charge on any atom is -0.394 e. The first-order valence-corrected chi connectivity index (χ1v) is 5.97. The van der Waals surface area contributed by atoms with Crippen molar-refractivity contribution in [2.75, 3.05) is 29.9 Å². The number of carbonyl (C=O) groups is 1. The van der Waals surface area contributed by atoms with Crippen LogP contribution >= 0.6 is 0 Å². The maximum Gasteiger partial charge on any atom is 0.246 e. The molecule has 18 heavy (non-hydrogen) atoms. The number of aryl methyl sites for hydroxylation is 2. The highest BCUT2D eigenvalue weighted by Gasteiger charge is 2.26. The second-order valence-electron chi connectivity index (χ2n) is 4.65. The molecule has 0 aliphatic carbocycles. The van der Waals surface area contributed by atoms with Crippen molar-refractivity contribution in [3.8, 4) is 0 Å². The van der Waals surface area contributed by atoms with E-state index < -0.39 is 6.10 Å². The number of hydrogen-bond donors (Lipinski definition) is 3. The molecule has 0 saturated carbocycles. The Bertz CT molecular complexity index is 474. The highest BCUT2D eigenvalue weighted by atomic mass is 16.3. The third-order valence-corrected chi connectivity index (χ3v) is 3.24. The van der Waals surface area contributed by atoms with Crippen LogP contribution in [0, 0.1) is 13.8 Å². The molecule has 1 unspecified atom stereocenters. The van der Waals surface area contributed by atoms with E-state index in [0.717, 1.165) is 22.5 Å². The standard InChI is InChI=1S/C13H18N2O3/c1-8-3-11-12(4-9(8)2)15(6-10(17)7-16)13(18)5-14-11/h3-4,10,14,16-17H,5-7H2,1-2H3. The number of carbonyl (C=O) groups excluding carboxylic acids is 1. The Morgan fingerprint density at radius 3 is 2.72 bits per heavy atom. The lowest BCUT2D eigenvalue weighted by Gasteiger charge is -2.32. The molecule has 5 nitrogen and oxygen atoms in total. The lowest BCUT2D eigenvalue weighted by atomic mass is 10.0. The van der Waals surface area contributed by atoms with Crippen LogP contribution in [0.15, 0.2) is 12.1 Å². The summed E-state index contributed by atoms with van der Waals surface area (Å²) in [6, 6.07) is 3.92. The third kappa shape index (κ3) is 2.32. The number of amides is 1. The zero-order valence-corrected chi connectivity index (χ0v) is 10.6. The van der Waals surface area contributed by atoms with E-state index in [0.29, 0.717) is 0 Å². The van der Waals surface area contributed by atoms with E-state index in [4.69, 9.17) is 5.11 Å². The molecule has 0 aromatic heterocycles. The van der Waals surface area contributed by atoms with Crippen molar-refractivity contribution in [3.05, 3.63) is 23.3 Å². The molecule has 1 heterocycles. The smallest absolute Gasteiger partial charge is 0.246 e. The van der Waals surface area contributed by atoms with Crippen LogP contribution in [-0.2, 0) is 4.79 Å². The molecule has 1 aromatic rings. The van der Waals surface area contributed by atoms with Gasteiger partial charge in [-0.25, -0.2) is 0 Å². The number of hydrogen-bond acceptors (Lipinski definition) is 4. The Hall–Kier alpha value is -1.59. The molecule has 2 rings (SSSR count). The van der Waals surface area contributed by atoms with Gasteiger partial charge in [-0.3, -0.25) is 4.79 Å². The molecule has 1 aliphatic rings. The van der Waals surface area contributed by atoms with Crippen LogP contribution < -0.4 is 10.2 Å². The zero-order valence-electron chi connectivity index (χ0n) is 10.6. The van der Waals surface area contributed by atoms with Crippen LogP contribution in [0.2, 0.25) is 0 Å². The predicted octanol–water partition coefficient (Wildman–Crippen LogP) is 0.415. The van der Waals surface area contributed by atoms with Crippen LogP contribution in [0.5, 0.6) is 0 Å². The van der Waals surface area contributed by atoms with Gasteiger partial charge in [-0.2, -0.15) is 0 Å². The molecular weight excluding hydrogens is 232 g/mol. The Kier molecular flexibility index (Phi) is 3.54. The van der Waals surface area contributed by atoms with Gasteiger partial charge in [0.2, 0.25) is 5.91 Å². The minimum atomic E-state index is -0.915. The van der Waals surface area contributed by atoms with Gasteiger partial charge in [-0.05, 0) is 37.1 Å². The summed E-state index contributed by atoms with van der Waals surface area (Å²) in [5.74, 6) is -0.0988. The highest BCUT2D eigenvalue weighted by Crippen LogP contribution is 2.32. The maximum atomic E-state index is 11.9. The summed E-state index contributed by atoms with van der Waals surface area (Å²) in [6.07, 6.45) is -0.915. The highest BCUT2D eigenvalue weighted by molar-refractivity contribution is 6.02. The Morgan fingerprint density at radius 1 is 1.39 bits per heavy atom. The molecule has 0 spiro atoms. The normalized spacial score (nSPS) is 16.2. The molecule has 0 saturated heterocycles. The van der Waals surface area contributed by atoms with Gasteiger partial charge in [0.25, 0.3) is 0 Å². The molecule has 98 valence electrons. The van der Waals surface area contributed by atoms with Crippen LogP contribution in [0.1, 0.15) is 11.1 Å². The first-order chi connectivity index (χ1) is 8.52. The number of aliphatic hydroxyl groups excluding tert-OH is 2. The van der Waals surface area contributed by atoms with Crippen LogP contribution in [0.25, 0.3) is 0 Å². The third-order valence-electron chi connectivity index (χ3n) is 3.24. The van der Waals surface area contributed by atoms with Crippen molar-refractivity contribution < 1.29 is 15.0 Å². The lowest BCUT2D eigenvalue weighted by molar-refractivity contribution is -0.117. The van der Waals surface area contributed by atoms with Crippen molar-refractivity contribution >= 4 is 17.3 Å². The van der Waals surface area contributed by atoms with Crippen molar-refractivity contribution in [1.82, 2.24) is 0 Å². The summed E-state index contributed by atoms with van der Waals surface area (Å²) in [5.41, 5.74) is 3.90. The summed E-state index contributed by atoms with van der Waals surface area (Å²) < 4.78 is 0. The average Bonchev–Trinajstić information content (AvgIpc) is 2.35.